The van der Waals surface area contributed by atoms with E-state index in [9.17, 15) is 13.2 Å². The molecular formula is C10H17F3N2. The second-order valence-corrected chi connectivity index (χ2v) is 4.56. The molecule has 1 unspecified atom stereocenters. The Morgan fingerprint density at radius 2 is 1.93 bits per heavy atom. The van der Waals surface area contributed by atoms with Crippen LogP contribution in [0.5, 0.6) is 0 Å². The van der Waals surface area contributed by atoms with Gasteiger partial charge in [-0.15, -0.1) is 0 Å². The highest BCUT2D eigenvalue weighted by Crippen LogP contribution is 2.36. The second-order valence-electron chi connectivity index (χ2n) is 4.56. The topological polar surface area (TPSA) is 15.3 Å². The number of hydrogen-bond donors (Lipinski definition) is 1. The molecule has 1 saturated carbocycles. The van der Waals surface area contributed by atoms with Crippen molar-refractivity contribution in [2.45, 2.75) is 38.0 Å². The number of halogens is 3. The van der Waals surface area contributed by atoms with E-state index in [1.807, 2.05) is 0 Å². The van der Waals surface area contributed by atoms with E-state index in [-0.39, 0.29) is 18.5 Å². The molecule has 0 radical (unpaired) electrons. The summed E-state index contributed by atoms with van der Waals surface area (Å²) in [6, 6.07) is -0.230. The molecule has 2 rings (SSSR count). The molecule has 0 aromatic heterocycles. The van der Waals surface area contributed by atoms with E-state index >= 15 is 0 Å². The molecule has 88 valence electrons. The van der Waals surface area contributed by atoms with Crippen molar-refractivity contribution in [1.82, 2.24) is 10.2 Å². The van der Waals surface area contributed by atoms with Crippen LogP contribution in [0.3, 0.4) is 0 Å². The minimum atomic E-state index is -4.14. The fourth-order valence-corrected chi connectivity index (χ4v) is 2.20. The Kier molecular flexibility index (Phi) is 3.21. The molecule has 2 nitrogen and oxygen atoms in total. The monoisotopic (exact) mass is 222 g/mol. The highest BCUT2D eigenvalue weighted by molar-refractivity contribution is 4.87. The van der Waals surface area contributed by atoms with Gasteiger partial charge in [0.1, 0.15) is 0 Å². The molecule has 5 heteroatoms. The van der Waals surface area contributed by atoms with Crippen molar-refractivity contribution >= 4 is 0 Å². The highest BCUT2D eigenvalue weighted by Gasteiger charge is 2.46. The van der Waals surface area contributed by atoms with Gasteiger partial charge in [0.2, 0.25) is 0 Å². The van der Waals surface area contributed by atoms with Crippen LogP contribution < -0.4 is 5.32 Å². The summed E-state index contributed by atoms with van der Waals surface area (Å²) in [5.74, 6) is 0.168. The lowest BCUT2D eigenvalue weighted by Crippen LogP contribution is -2.46. The van der Waals surface area contributed by atoms with Crippen LogP contribution in [0.2, 0.25) is 0 Å². The van der Waals surface area contributed by atoms with E-state index in [2.05, 4.69) is 5.32 Å². The van der Waals surface area contributed by atoms with Crippen LogP contribution >= 0.6 is 0 Å². The summed E-state index contributed by atoms with van der Waals surface area (Å²) in [5, 5.41) is 3.16. The first-order valence-corrected chi connectivity index (χ1v) is 5.61. The number of hydrogen-bond acceptors (Lipinski definition) is 2. The summed E-state index contributed by atoms with van der Waals surface area (Å²) < 4.78 is 38.0. The van der Waals surface area contributed by atoms with Crippen LogP contribution in [-0.2, 0) is 0 Å². The standard InChI is InChI=1S/C10H17F3N2/c11-10(12,13)15(9-3-4-9)7-8-2-1-5-14-6-8/h8-9,14H,1-7H2. The lowest BCUT2D eigenvalue weighted by atomic mass is 9.99. The first-order chi connectivity index (χ1) is 7.07. The first-order valence-electron chi connectivity index (χ1n) is 5.61. The third-order valence-corrected chi connectivity index (χ3v) is 3.17. The molecule has 1 heterocycles. The zero-order chi connectivity index (χ0) is 10.9. The molecule has 0 aromatic rings. The molecule has 1 aliphatic heterocycles. The van der Waals surface area contributed by atoms with Crippen molar-refractivity contribution in [1.29, 1.82) is 0 Å². The van der Waals surface area contributed by atoms with Gasteiger partial charge < -0.3 is 5.32 Å². The predicted octanol–water partition coefficient (Wildman–Crippen LogP) is 1.97. The minimum absolute atomic E-state index is 0.168. The molecule has 1 N–H and O–H groups in total. The zero-order valence-electron chi connectivity index (χ0n) is 8.69. The molecule has 15 heavy (non-hydrogen) atoms. The van der Waals surface area contributed by atoms with E-state index < -0.39 is 6.30 Å². The lowest BCUT2D eigenvalue weighted by Gasteiger charge is -2.31. The molecule has 0 bridgehead atoms. The van der Waals surface area contributed by atoms with Crippen LogP contribution in [0, 0.1) is 5.92 Å². The third-order valence-electron chi connectivity index (χ3n) is 3.17. The summed E-state index contributed by atoms with van der Waals surface area (Å²) >= 11 is 0. The molecule has 2 aliphatic rings. The van der Waals surface area contributed by atoms with Crippen molar-refractivity contribution in [2.75, 3.05) is 19.6 Å². The van der Waals surface area contributed by atoms with Crippen LogP contribution in [0.1, 0.15) is 25.7 Å². The van der Waals surface area contributed by atoms with Gasteiger partial charge in [0.25, 0.3) is 0 Å². The fourth-order valence-electron chi connectivity index (χ4n) is 2.20. The van der Waals surface area contributed by atoms with Crippen molar-refractivity contribution in [3.05, 3.63) is 0 Å². The van der Waals surface area contributed by atoms with Gasteiger partial charge in [0.15, 0.2) is 0 Å². The van der Waals surface area contributed by atoms with Crippen LogP contribution in [-0.4, -0.2) is 36.9 Å². The number of nitrogens with one attached hydrogen (secondary N) is 1. The van der Waals surface area contributed by atoms with Gasteiger partial charge in [-0.3, -0.25) is 0 Å². The van der Waals surface area contributed by atoms with Crippen molar-refractivity contribution < 1.29 is 13.2 Å². The van der Waals surface area contributed by atoms with Gasteiger partial charge in [-0.2, -0.15) is 13.2 Å². The average Bonchev–Trinajstić information content (AvgIpc) is 2.97. The first kappa shape index (κ1) is 11.2. The summed E-state index contributed by atoms with van der Waals surface area (Å²) in [7, 11) is 0. The van der Waals surface area contributed by atoms with Gasteiger partial charge in [0, 0.05) is 12.6 Å². The molecule has 1 aliphatic carbocycles. The normalized spacial score (nSPS) is 28.4. The Bertz CT molecular complexity index is 207. The van der Waals surface area contributed by atoms with Gasteiger partial charge in [-0.1, -0.05) is 0 Å². The van der Waals surface area contributed by atoms with Crippen LogP contribution in [0.4, 0.5) is 13.2 Å². The average molecular weight is 222 g/mol. The second kappa shape index (κ2) is 4.29. The zero-order valence-corrected chi connectivity index (χ0v) is 8.69. The van der Waals surface area contributed by atoms with E-state index in [0.29, 0.717) is 12.8 Å². The molecule has 1 saturated heterocycles. The van der Waals surface area contributed by atoms with Crippen molar-refractivity contribution in [3.8, 4) is 0 Å². The smallest absolute Gasteiger partial charge is 0.316 e. The molecule has 1 atom stereocenters. The fraction of sp³-hybridized carbons (Fsp3) is 1.00. The molecule has 0 spiro atoms. The van der Waals surface area contributed by atoms with Gasteiger partial charge >= 0.3 is 6.30 Å². The largest absolute Gasteiger partial charge is 0.460 e. The van der Waals surface area contributed by atoms with E-state index in [1.54, 1.807) is 0 Å². The SMILES string of the molecule is FC(F)(F)N(CC1CCCNC1)C1CC1. The molecular weight excluding hydrogens is 205 g/mol. The Morgan fingerprint density at radius 3 is 2.40 bits per heavy atom. The number of rotatable bonds is 3. The lowest BCUT2D eigenvalue weighted by molar-refractivity contribution is -0.252. The minimum Gasteiger partial charge on any atom is -0.316 e. The summed E-state index contributed by atoms with van der Waals surface area (Å²) in [6.07, 6.45) is -0.800. The predicted molar refractivity (Wildman–Crippen MR) is 51.4 cm³/mol. The Hall–Kier alpha value is -0.290. The number of nitrogens with zero attached hydrogens (tertiary/aromatic N) is 1. The van der Waals surface area contributed by atoms with E-state index in [0.717, 1.165) is 30.8 Å². The maximum atomic E-state index is 12.7. The number of alkyl halides is 3. The molecule has 0 aromatic carbocycles. The Labute approximate surface area is 87.8 Å². The summed E-state index contributed by atoms with van der Waals surface area (Å²) in [5.41, 5.74) is 0. The summed E-state index contributed by atoms with van der Waals surface area (Å²) in [6.45, 7) is 1.87. The van der Waals surface area contributed by atoms with Gasteiger partial charge in [0.05, 0.1) is 0 Å². The quantitative estimate of drug-likeness (QED) is 0.734. The molecule has 2 fully saturated rings. The Morgan fingerprint density at radius 1 is 1.20 bits per heavy atom. The van der Waals surface area contributed by atoms with Crippen LogP contribution in [0.25, 0.3) is 0 Å². The third kappa shape index (κ3) is 3.08. The van der Waals surface area contributed by atoms with E-state index in [4.69, 9.17) is 0 Å². The maximum Gasteiger partial charge on any atom is 0.460 e. The van der Waals surface area contributed by atoms with Crippen molar-refractivity contribution in [2.24, 2.45) is 5.92 Å². The van der Waals surface area contributed by atoms with Gasteiger partial charge in [-0.05, 0) is 44.7 Å². The van der Waals surface area contributed by atoms with E-state index in [1.165, 1.54) is 0 Å². The summed E-state index contributed by atoms with van der Waals surface area (Å²) in [4.78, 5) is 0.741. The maximum absolute atomic E-state index is 12.7. The highest BCUT2D eigenvalue weighted by atomic mass is 19.4. The molecule has 0 amide bonds. The van der Waals surface area contributed by atoms with Crippen molar-refractivity contribution in [3.63, 3.8) is 0 Å². The number of piperidine rings is 1. The van der Waals surface area contributed by atoms with Crippen LogP contribution in [0.15, 0.2) is 0 Å². The van der Waals surface area contributed by atoms with Gasteiger partial charge in [-0.25, -0.2) is 4.90 Å². The Balaban J connectivity index is 1.88.